The van der Waals surface area contributed by atoms with Crippen LogP contribution in [0.25, 0.3) is 0 Å². The zero-order chi connectivity index (χ0) is 15.8. The largest absolute Gasteiger partial charge is 0.480 e. The third-order valence-corrected chi connectivity index (χ3v) is 3.21. The molecule has 0 aliphatic heterocycles. The molecular formula is C13H14FN3O3S. The highest BCUT2D eigenvalue weighted by Gasteiger charge is 2.19. The highest BCUT2D eigenvalue weighted by Crippen LogP contribution is 2.15. The Hall–Kier alpha value is -2.27. The van der Waals surface area contributed by atoms with E-state index in [0.717, 1.165) is 12.1 Å². The summed E-state index contributed by atoms with van der Waals surface area (Å²) in [6.07, 6.45) is 2.11. The maximum Gasteiger partial charge on any atom is 0.326 e. The first kappa shape index (κ1) is 16.8. The predicted octanol–water partition coefficient (Wildman–Crippen LogP) is 2.03. The quantitative estimate of drug-likeness (QED) is 0.746. The lowest BCUT2D eigenvalue weighted by molar-refractivity contribution is -0.139. The van der Waals surface area contributed by atoms with E-state index in [9.17, 15) is 14.0 Å². The van der Waals surface area contributed by atoms with E-state index in [1.807, 2.05) is 6.26 Å². The van der Waals surface area contributed by atoms with Crippen LogP contribution in [0.4, 0.5) is 14.9 Å². The van der Waals surface area contributed by atoms with Crippen molar-refractivity contribution in [3.05, 3.63) is 29.6 Å². The molecule has 0 aromatic heterocycles. The molecule has 0 fully saturated rings. The number of carbonyl (C=O) groups is 2. The molecular weight excluding hydrogens is 297 g/mol. The third-order valence-electron chi connectivity index (χ3n) is 2.56. The van der Waals surface area contributed by atoms with Gasteiger partial charge in [-0.15, -0.1) is 0 Å². The van der Waals surface area contributed by atoms with Crippen LogP contribution in [0.3, 0.4) is 0 Å². The molecule has 1 aromatic rings. The average Bonchev–Trinajstić information content (AvgIpc) is 2.44. The van der Waals surface area contributed by atoms with Gasteiger partial charge in [0, 0.05) is 0 Å². The molecule has 0 bridgehead atoms. The first-order chi connectivity index (χ1) is 9.97. The van der Waals surface area contributed by atoms with Gasteiger partial charge in [-0.3, -0.25) is 0 Å². The summed E-state index contributed by atoms with van der Waals surface area (Å²) in [4.78, 5) is 22.8. The van der Waals surface area contributed by atoms with Gasteiger partial charge in [0.15, 0.2) is 0 Å². The monoisotopic (exact) mass is 311 g/mol. The number of nitriles is 1. The maximum absolute atomic E-state index is 13.0. The number of anilines is 1. The number of amides is 2. The fourth-order valence-corrected chi connectivity index (χ4v) is 2.00. The number of benzene rings is 1. The normalized spacial score (nSPS) is 11.3. The molecule has 1 aromatic carbocycles. The predicted molar refractivity (Wildman–Crippen MR) is 77.7 cm³/mol. The molecule has 1 rings (SSSR count). The Morgan fingerprint density at radius 2 is 2.24 bits per heavy atom. The van der Waals surface area contributed by atoms with Crippen molar-refractivity contribution in [2.24, 2.45) is 0 Å². The minimum Gasteiger partial charge on any atom is -0.480 e. The molecule has 0 saturated carbocycles. The van der Waals surface area contributed by atoms with E-state index in [1.165, 1.54) is 17.8 Å². The zero-order valence-corrected chi connectivity index (χ0v) is 12.0. The number of hydrogen-bond donors (Lipinski definition) is 3. The Morgan fingerprint density at radius 1 is 1.52 bits per heavy atom. The highest BCUT2D eigenvalue weighted by atomic mass is 32.2. The summed E-state index contributed by atoms with van der Waals surface area (Å²) in [6.45, 7) is 0. The number of nitrogens with one attached hydrogen (secondary N) is 2. The van der Waals surface area contributed by atoms with Crippen molar-refractivity contribution in [1.29, 1.82) is 5.26 Å². The molecule has 0 spiro atoms. The van der Waals surface area contributed by atoms with E-state index < -0.39 is 23.9 Å². The Morgan fingerprint density at radius 3 is 2.81 bits per heavy atom. The molecule has 21 heavy (non-hydrogen) atoms. The van der Waals surface area contributed by atoms with Gasteiger partial charge in [-0.1, -0.05) is 0 Å². The Balaban J connectivity index is 2.72. The van der Waals surface area contributed by atoms with Crippen molar-refractivity contribution >= 4 is 29.4 Å². The van der Waals surface area contributed by atoms with E-state index in [2.05, 4.69) is 10.6 Å². The lowest BCUT2D eigenvalue weighted by Crippen LogP contribution is -2.43. The van der Waals surface area contributed by atoms with Gasteiger partial charge in [0.1, 0.15) is 17.9 Å². The highest BCUT2D eigenvalue weighted by molar-refractivity contribution is 7.98. The number of carbonyl (C=O) groups excluding carboxylic acids is 1. The number of thioether (sulfide) groups is 1. The number of aliphatic carboxylic acids is 1. The molecule has 0 radical (unpaired) electrons. The van der Waals surface area contributed by atoms with Gasteiger partial charge in [-0.25, -0.2) is 14.0 Å². The van der Waals surface area contributed by atoms with Crippen molar-refractivity contribution in [1.82, 2.24) is 5.32 Å². The Labute approximate surface area is 125 Å². The van der Waals surface area contributed by atoms with Gasteiger partial charge in [-0.05, 0) is 36.6 Å². The second-order valence-corrected chi connectivity index (χ2v) is 5.06. The molecule has 1 unspecified atom stereocenters. The summed E-state index contributed by atoms with van der Waals surface area (Å²) in [5.74, 6) is -1.16. The van der Waals surface area contributed by atoms with Crippen LogP contribution in [0.2, 0.25) is 0 Å². The maximum atomic E-state index is 13.0. The van der Waals surface area contributed by atoms with E-state index in [1.54, 1.807) is 6.07 Å². The molecule has 0 aliphatic carbocycles. The first-order valence-electron chi connectivity index (χ1n) is 5.96. The summed E-state index contributed by atoms with van der Waals surface area (Å²) in [5.41, 5.74) is 0.0755. The number of halogens is 1. The number of nitrogens with zero attached hydrogens (tertiary/aromatic N) is 1. The summed E-state index contributed by atoms with van der Waals surface area (Å²) >= 11 is 1.47. The first-order valence-corrected chi connectivity index (χ1v) is 7.36. The zero-order valence-electron chi connectivity index (χ0n) is 11.2. The Bertz CT molecular complexity index is 574. The van der Waals surface area contributed by atoms with E-state index in [4.69, 9.17) is 10.4 Å². The number of rotatable bonds is 6. The number of carboxylic acid groups (broad SMARTS) is 1. The van der Waals surface area contributed by atoms with Crippen molar-refractivity contribution in [2.75, 3.05) is 17.3 Å². The lowest BCUT2D eigenvalue weighted by Gasteiger charge is -2.15. The molecule has 6 nitrogen and oxygen atoms in total. The van der Waals surface area contributed by atoms with E-state index in [-0.39, 0.29) is 17.7 Å². The standard InChI is InChI=1S/C13H14FN3O3S/c1-21-5-4-11(12(18)19)17-13(20)16-10-3-2-9(14)6-8(10)7-15/h2-3,6,11H,4-5H2,1H3,(H,18,19)(H2,16,17,20). The number of urea groups is 1. The van der Waals surface area contributed by atoms with Crippen molar-refractivity contribution < 1.29 is 19.1 Å². The van der Waals surface area contributed by atoms with E-state index >= 15 is 0 Å². The van der Waals surface area contributed by atoms with Crippen LogP contribution in [0.5, 0.6) is 0 Å². The summed E-state index contributed by atoms with van der Waals surface area (Å²) in [6, 6.07) is 3.29. The van der Waals surface area contributed by atoms with E-state index in [0.29, 0.717) is 5.75 Å². The second kappa shape index (κ2) is 8.11. The SMILES string of the molecule is CSCCC(NC(=O)Nc1ccc(F)cc1C#N)C(=O)O. The van der Waals surface area contributed by atoms with Crippen LogP contribution in [-0.4, -0.2) is 35.2 Å². The van der Waals surface area contributed by atoms with Gasteiger partial charge in [-0.2, -0.15) is 17.0 Å². The minimum absolute atomic E-state index is 0.0406. The summed E-state index contributed by atoms with van der Waals surface area (Å²) in [5, 5.41) is 22.5. The fraction of sp³-hybridized carbons (Fsp3) is 0.308. The molecule has 0 saturated heterocycles. The van der Waals surface area contributed by atoms with Crippen LogP contribution in [0.15, 0.2) is 18.2 Å². The number of hydrogen-bond acceptors (Lipinski definition) is 4. The van der Waals surface area contributed by atoms with Crippen LogP contribution in [0.1, 0.15) is 12.0 Å². The molecule has 2 amide bonds. The van der Waals surface area contributed by atoms with Crippen molar-refractivity contribution in [3.8, 4) is 6.07 Å². The smallest absolute Gasteiger partial charge is 0.326 e. The number of carboxylic acids is 1. The lowest BCUT2D eigenvalue weighted by atomic mass is 10.2. The van der Waals surface area contributed by atoms with Crippen LogP contribution >= 0.6 is 11.8 Å². The Kier molecular flexibility index (Phi) is 6.49. The summed E-state index contributed by atoms with van der Waals surface area (Å²) < 4.78 is 13.0. The van der Waals surface area contributed by atoms with Crippen molar-refractivity contribution in [2.45, 2.75) is 12.5 Å². The van der Waals surface area contributed by atoms with Gasteiger partial charge in [0.05, 0.1) is 11.3 Å². The third kappa shape index (κ3) is 5.31. The van der Waals surface area contributed by atoms with Gasteiger partial charge < -0.3 is 15.7 Å². The second-order valence-electron chi connectivity index (χ2n) is 4.07. The molecule has 3 N–H and O–H groups in total. The summed E-state index contributed by atoms with van der Waals surface area (Å²) in [7, 11) is 0. The molecule has 1 atom stereocenters. The molecule has 0 aliphatic rings. The average molecular weight is 311 g/mol. The molecule has 8 heteroatoms. The topological polar surface area (TPSA) is 102 Å². The minimum atomic E-state index is -1.14. The van der Waals surface area contributed by atoms with Crippen molar-refractivity contribution in [3.63, 3.8) is 0 Å². The van der Waals surface area contributed by atoms with Crippen LogP contribution in [-0.2, 0) is 4.79 Å². The van der Waals surface area contributed by atoms with Gasteiger partial charge in [0.2, 0.25) is 0 Å². The van der Waals surface area contributed by atoms with Crippen LogP contribution < -0.4 is 10.6 Å². The van der Waals surface area contributed by atoms with Gasteiger partial charge >= 0.3 is 12.0 Å². The molecule has 112 valence electrons. The van der Waals surface area contributed by atoms with Crippen LogP contribution in [0, 0.1) is 17.1 Å². The fourth-order valence-electron chi connectivity index (χ4n) is 1.53. The van der Waals surface area contributed by atoms with Gasteiger partial charge in [0.25, 0.3) is 0 Å². The molecule has 0 heterocycles.